The van der Waals surface area contributed by atoms with Crippen molar-refractivity contribution in [1.82, 2.24) is 14.9 Å². The molecule has 0 saturated carbocycles. The lowest BCUT2D eigenvalue weighted by atomic mass is 9.83. The minimum absolute atomic E-state index is 0.00618. The van der Waals surface area contributed by atoms with Crippen molar-refractivity contribution < 1.29 is 13.2 Å². The molecule has 0 amide bonds. The summed E-state index contributed by atoms with van der Waals surface area (Å²) in [6, 6.07) is 12.2. The summed E-state index contributed by atoms with van der Waals surface area (Å²) in [6.45, 7) is 2.29. The maximum atomic E-state index is 12.7. The summed E-state index contributed by atoms with van der Waals surface area (Å²) in [5, 5.41) is 0. The maximum absolute atomic E-state index is 12.7. The quantitative estimate of drug-likeness (QED) is 0.806. The predicted molar refractivity (Wildman–Crippen MR) is 93.9 cm³/mol. The molecule has 2 aromatic rings. The summed E-state index contributed by atoms with van der Waals surface area (Å²) in [7, 11) is -3.09. The molecular formula is C18H21N3O3S. The number of ether oxygens (including phenoxy) is 1. The zero-order chi connectivity index (χ0) is 17.3. The number of nitrogens with zero attached hydrogens (tertiary/aromatic N) is 3. The van der Waals surface area contributed by atoms with E-state index in [2.05, 4.69) is 27.0 Å². The van der Waals surface area contributed by atoms with Gasteiger partial charge in [0, 0.05) is 37.9 Å². The van der Waals surface area contributed by atoms with E-state index in [0.29, 0.717) is 32.1 Å². The summed E-state index contributed by atoms with van der Waals surface area (Å²) < 4.78 is 30.3. The predicted octanol–water partition coefficient (Wildman–Crippen LogP) is 1.54. The molecule has 0 N–H and O–H groups in total. The number of sulfone groups is 1. The summed E-state index contributed by atoms with van der Waals surface area (Å²) in [5.74, 6) is 0.240. The van der Waals surface area contributed by atoms with Crippen LogP contribution in [0.4, 0.5) is 0 Å². The monoisotopic (exact) mass is 359 g/mol. The van der Waals surface area contributed by atoms with Gasteiger partial charge in [-0.2, -0.15) is 0 Å². The average Bonchev–Trinajstić information content (AvgIpc) is 2.86. The van der Waals surface area contributed by atoms with E-state index in [1.54, 1.807) is 18.5 Å². The molecule has 1 aromatic carbocycles. The number of benzene rings is 1. The van der Waals surface area contributed by atoms with E-state index in [9.17, 15) is 8.42 Å². The lowest BCUT2D eigenvalue weighted by Gasteiger charge is -2.50. The van der Waals surface area contributed by atoms with Crippen molar-refractivity contribution in [1.29, 1.82) is 0 Å². The van der Waals surface area contributed by atoms with Crippen LogP contribution in [-0.2, 0) is 16.4 Å². The Morgan fingerprint density at radius 2 is 1.84 bits per heavy atom. The van der Waals surface area contributed by atoms with Crippen molar-refractivity contribution >= 4 is 9.84 Å². The van der Waals surface area contributed by atoms with Crippen molar-refractivity contribution in [2.75, 3.05) is 25.4 Å². The molecule has 4 rings (SSSR count). The fourth-order valence-electron chi connectivity index (χ4n) is 3.91. The first-order chi connectivity index (χ1) is 12.1. The van der Waals surface area contributed by atoms with Crippen molar-refractivity contribution in [3.8, 4) is 6.01 Å². The van der Waals surface area contributed by atoms with Gasteiger partial charge in [0.05, 0.1) is 12.4 Å². The van der Waals surface area contributed by atoms with Gasteiger partial charge < -0.3 is 4.74 Å². The summed E-state index contributed by atoms with van der Waals surface area (Å²) in [6.07, 6.45) is 3.89. The van der Waals surface area contributed by atoms with Crippen molar-refractivity contribution in [3.05, 3.63) is 54.4 Å². The minimum atomic E-state index is -3.09. The molecule has 132 valence electrons. The van der Waals surface area contributed by atoms with Gasteiger partial charge in [-0.15, -0.1) is 0 Å². The molecule has 0 bridgehead atoms. The molecule has 2 aliphatic rings. The van der Waals surface area contributed by atoms with Gasteiger partial charge in [-0.3, -0.25) is 4.90 Å². The second-order valence-electron chi connectivity index (χ2n) is 6.84. The molecule has 1 atom stereocenters. The SMILES string of the molecule is O=S1(=O)CCC(COc2ncccn2)C12CN(Cc1ccccc1)C2. The van der Waals surface area contributed by atoms with Crippen LogP contribution in [0.2, 0.25) is 0 Å². The molecule has 1 spiro atoms. The van der Waals surface area contributed by atoms with Gasteiger partial charge in [0.15, 0.2) is 9.84 Å². The van der Waals surface area contributed by atoms with Crippen LogP contribution >= 0.6 is 0 Å². The molecule has 3 heterocycles. The van der Waals surface area contributed by atoms with Gasteiger partial charge in [-0.1, -0.05) is 30.3 Å². The third kappa shape index (κ3) is 3.02. The molecule has 1 unspecified atom stereocenters. The lowest BCUT2D eigenvalue weighted by Crippen LogP contribution is -2.67. The average molecular weight is 359 g/mol. The first-order valence-corrected chi connectivity index (χ1v) is 10.1. The van der Waals surface area contributed by atoms with Crippen molar-refractivity contribution in [2.45, 2.75) is 17.7 Å². The van der Waals surface area contributed by atoms with Crippen molar-refractivity contribution in [3.63, 3.8) is 0 Å². The molecule has 2 aliphatic heterocycles. The third-order valence-corrected chi connectivity index (χ3v) is 7.89. The molecule has 2 saturated heterocycles. The molecule has 6 nitrogen and oxygen atoms in total. The number of aromatic nitrogens is 2. The van der Waals surface area contributed by atoms with Crippen LogP contribution in [0.25, 0.3) is 0 Å². The van der Waals surface area contributed by atoms with Crippen molar-refractivity contribution in [2.24, 2.45) is 5.92 Å². The van der Waals surface area contributed by atoms with E-state index in [0.717, 1.165) is 6.54 Å². The van der Waals surface area contributed by atoms with E-state index < -0.39 is 14.6 Å². The first kappa shape index (κ1) is 16.5. The Morgan fingerprint density at radius 1 is 1.12 bits per heavy atom. The van der Waals surface area contributed by atoms with Crippen LogP contribution in [0, 0.1) is 5.92 Å². The molecule has 2 fully saturated rings. The van der Waals surface area contributed by atoms with Gasteiger partial charge in [0.1, 0.15) is 4.75 Å². The zero-order valence-corrected chi connectivity index (χ0v) is 14.7. The highest BCUT2D eigenvalue weighted by molar-refractivity contribution is 7.93. The van der Waals surface area contributed by atoms with E-state index in [4.69, 9.17) is 4.74 Å². The van der Waals surface area contributed by atoms with Crippen LogP contribution in [0.5, 0.6) is 6.01 Å². The van der Waals surface area contributed by atoms with Gasteiger partial charge in [-0.25, -0.2) is 18.4 Å². The first-order valence-electron chi connectivity index (χ1n) is 8.47. The normalized spacial score (nSPS) is 24.1. The highest BCUT2D eigenvalue weighted by Gasteiger charge is 2.61. The molecular weight excluding hydrogens is 338 g/mol. The second-order valence-corrected chi connectivity index (χ2v) is 9.29. The van der Waals surface area contributed by atoms with Gasteiger partial charge >= 0.3 is 6.01 Å². The topological polar surface area (TPSA) is 72.4 Å². The van der Waals surface area contributed by atoms with E-state index >= 15 is 0 Å². The van der Waals surface area contributed by atoms with Crippen LogP contribution < -0.4 is 4.74 Å². The minimum Gasteiger partial charge on any atom is -0.463 e. The molecule has 0 radical (unpaired) electrons. The second kappa shape index (κ2) is 6.38. The maximum Gasteiger partial charge on any atom is 0.316 e. The highest BCUT2D eigenvalue weighted by Crippen LogP contribution is 2.45. The van der Waals surface area contributed by atoms with Crippen LogP contribution in [0.3, 0.4) is 0 Å². The Bertz CT molecular complexity index is 821. The number of rotatable bonds is 5. The fourth-order valence-corrected chi connectivity index (χ4v) is 6.36. The van der Waals surface area contributed by atoms with Gasteiger partial charge in [0.25, 0.3) is 0 Å². The zero-order valence-electron chi connectivity index (χ0n) is 13.9. The fraction of sp³-hybridized carbons (Fsp3) is 0.444. The highest BCUT2D eigenvalue weighted by atomic mass is 32.2. The van der Waals surface area contributed by atoms with Crippen LogP contribution in [0.15, 0.2) is 48.8 Å². The summed E-state index contributed by atoms with van der Waals surface area (Å²) in [5.41, 5.74) is 1.21. The Hall–Kier alpha value is -1.99. The lowest BCUT2D eigenvalue weighted by molar-refractivity contribution is 0.0572. The number of hydrogen-bond donors (Lipinski definition) is 0. The molecule has 0 aliphatic carbocycles. The number of hydrogen-bond acceptors (Lipinski definition) is 6. The van der Waals surface area contributed by atoms with E-state index in [-0.39, 0.29) is 11.7 Å². The summed E-state index contributed by atoms with van der Waals surface area (Å²) >= 11 is 0. The van der Waals surface area contributed by atoms with E-state index in [1.807, 2.05) is 18.2 Å². The largest absolute Gasteiger partial charge is 0.463 e. The standard InChI is InChI=1S/C18H21N3O3S/c22-25(23)10-7-16(12-24-17-19-8-4-9-20-17)18(25)13-21(14-18)11-15-5-2-1-3-6-15/h1-6,8-9,16H,7,10-14H2. The van der Waals surface area contributed by atoms with Gasteiger partial charge in [0.2, 0.25) is 0 Å². The molecule has 1 aromatic heterocycles. The van der Waals surface area contributed by atoms with Gasteiger partial charge in [-0.05, 0) is 18.1 Å². The third-order valence-electron chi connectivity index (χ3n) is 5.29. The Kier molecular flexibility index (Phi) is 4.21. The molecule has 25 heavy (non-hydrogen) atoms. The Morgan fingerprint density at radius 3 is 2.56 bits per heavy atom. The van der Waals surface area contributed by atoms with E-state index in [1.165, 1.54) is 5.56 Å². The Labute approximate surface area is 147 Å². The van der Waals surface area contributed by atoms with Crippen LogP contribution in [-0.4, -0.2) is 53.5 Å². The molecule has 7 heteroatoms. The van der Waals surface area contributed by atoms with Crippen LogP contribution in [0.1, 0.15) is 12.0 Å². The number of likely N-dealkylation sites (tertiary alicyclic amines) is 1. The summed E-state index contributed by atoms with van der Waals surface area (Å²) in [4.78, 5) is 10.3. The Balaban J connectivity index is 1.43. The smallest absolute Gasteiger partial charge is 0.316 e.